The Kier molecular flexibility index (Phi) is 2.98. The van der Waals surface area contributed by atoms with Gasteiger partial charge in [-0.1, -0.05) is 48.0 Å². The van der Waals surface area contributed by atoms with Gasteiger partial charge in [-0.3, -0.25) is 0 Å². The highest BCUT2D eigenvalue weighted by atomic mass is 35.5. The Hall–Kier alpha value is -1.51. The van der Waals surface area contributed by atoms with Gasteiger partial charge in [0.15, 0.2) is 0 Å². The van der Waals surface area contributed by atoms with Crippen molar-refractivity contribution in [3.05, 3.63) is 64.7 Å². The molecule has 0 saturated heterocycles. The van der Waals surface area contributed by atoms with Crippen LogP contribution >= 0.6 is 11.6 Å². The zero-order valence-corrected chi connectivity index (χ0v) is 10.5. The largest absolute Gasteiger partial charge is 0.485 e. The molecule has 1 aliphatic rings. The SMILES string of the molecule is OC1CC(c2ccccc2Cl)Oc2ccccc21. The van der Waals surface area contributed by atoms with Crippen LogP contribution in [0, 0.1) is 0 Å². The zero-order valence-electron chi connectivity index (χ0n) is 9.71. The summed E-state index contributed by atoms with van der Waals surface area (Å²) in [5.41, 5.74) is 1.77. The van der Waals surface area contributed by atoms with Crippen LogP contribution in [0.2, 0.25) is 5.02 Å². The molecule has 2 unspecified atom stereocenters. The molecule has 1 aliphatic heterocycles. The van der Waals surface area contributed by atoms with E-state index in [1.165, 1.54) is 0 Å². The summed E-state index contributed by atoms with van der Waals surface area (Å²) >= 11 is 6.17. The molecule has 2 aromatic rings. The van der Waals surface area contributed by atoms with E-state index in [9.17, 15) is 5.11 Å². The number of hydrogen-bond acceptors (Lipinski definition) is 2. The van der Waals surface area contributed by atoms with Gasteiger partial charge in [0.1, 0.15) is 11.9 Å². The van der Waals surface area contributed by atoms with E-state index < -0.39 is 6.10 Å². The van der Waals surface area contributed by atoms with Gasteiger partial charge in [-0.05, 0) is 12.1 Å². The van der Waals surface area contributed by atoms with Crippen molar-refractivity contribution < 1.29 is 9.84 Å². The molecule has 1 heterocycles. The maximum Gasteiger partial charge on any atom is 0.128 e. The molecule has 2 nitrogen and oxygen atoms in total. The summed E-state index contributed by atoms with van der Waals surface area (Å²) in [4.78, 5) is 0. The number of aliphatic hydroxyl groups is 1. The van der Waals surface area contributed by atoms with Gasteiger partial charge in [0.05, 0.1) is 6.10 Å². The number of benzene rings is 2. The molecule has 0 saturated carbocycles. The van der Waals surface area contributed by atoms with Gasteiger partial charge in [-0.15, -0.1) is 0 Å². The van der Waals surface area contributed by atoms with Crippen LogP contribution < -0.4 is 4.74 Å². The molecule has 0 spiro atoms. The average Bonchev–Trinajstić information content (AvgIpc) is 2.39. The number of halogens is 1. The summed E-state index contributed by atoms with van der Waals surface area (Å²) in [5.74, 6) is 0.737. The van der Waals surface area contributed by atoms with E-state index in [2.05, 4.69) is 0 Å². The average molecular weight is 261 g/mol. The fraction of sp³-hybridized carbons (Fsp3) is 0.200. The maximum atomic E-state index is 10.2. The van der Waals surface area contributed by atoms with Crippen LogP contribution in [-0.4, -0.2) is 5.11 Å². The monoisotopic (exact) mass is 260 g/mol. The minimum absolute atomic E-state index is 0.191. The molecular weight excluding hydrogens is 248 g/mol. The van der Waals surface area contributed by atoms with Crippen molar-refractivity contribution >= 4 is 11.6 Å². The van der Waals surface area contributed by atoms with E-state index in [1.54, 1.807) is 0 Å². The molecule has 3 rings (SSSR count). The van der Waals surface area contributed by atoms with Gasteiger partial charge in [-0.25, -0.2) is 0 Å². The third-order valence-electron chi connectivity index (χ3n) is 3.24. The van der Waals surface area contributed by atoms with E-state index >= 15 is 0 Å². The van der Waals surface area contributed by atoms with Crippen molar-refractivity contribution in [1.82, 2.24) is 0 Å². The lowest BCUT2D eigenvalue weighted by molar-refractivity contribution is 0.0658. The lowest BCUT2D eigenvalue weighted by Gasteiger charge is -2.30. The summed E-state index contributed by atoms with van der Waals surface area (Å²) in [5, 5.41) is 10.8. The standard InChI is InChI=1S/C15H13ClO2/c16-12-7-3-1-5-10(12)15-9-13(17)11-6-2-4-8-14(11)18-15/h1-8,13,15,17H,9H2. The van der Waals surface area contributed by atoms with Gasteiger partial charge in [0.2, 0.25) is 0 Å². The second-order valence-corrected chi connectivity index (χ2v) is 4.82. The maximum absolute atomic E-state index is 10.2. The Morgan fingerprint density at radius 2 is 1.67 bits per heavy atom. The Balaban J connectivity index is 1.97. The normalized spacial score (nSPS) is 22.1. The minimum atomic E-state index is -0.503. The van der Waals surface area contributed by atoms with Gasteiger partial charge in [0, 0.05) is 22.6 Å². The molecule has 2 aromatic carbocycles. The van der Waals surface area contributed by atoms with Gasteiger partial charge in [0.25, 0.3) is 0 Å². The molecule has 2 atom stereocenters. The minimum Gasteiger partial charge on any atom is -0.485 e. The summed E-state index contributed by atoms with van der Waals surface area (Å²) in [7, 11) is 0. The first-order chi connectivity index (χ1) is 8.75. The van der Waals surface area contributed by atoms with Crippen molar-refractivity contribution in [3.63, 3.8) is 0 Å². The Bertz CT molecular complexity index is 568. The molecule has 0 aliphatic carbocycles. The number of rotatable bonds is 1. The van der Waals surface area contributed by atoms with Crippen molar-refractivity contribution in [1.29, 1.82) is 0 Å². The second-order valence-electron chi connectivity index (χ2n) is 4.42. The van der Waals surface area contributed by atoms with Gasteiger partial charge >= 0.3 is 0 Å². The summed E-state index contributed by atoms with van der Waals surface area (Å²) in [6.45, 7) is 0. The molecule has 0 amide bonds. The van der Waals surface area contributed by atoms with E-state index in [-0.39, 0.29) is 6.10 Å². The molecule has 18 heavy (non-hydrogen) atoms. The van der Waals surface area contributed by atoms with Crippen LogP contribution in [0.4, 0.5) is 0 Å². The number of ether oxygens (including phenoxy) is 1. The molecule has 0 fully saturated rings. The number of aliphatic hydroxyl groups excluding tert-OH is 1. The summed E-state index contributed by atoms with van der Waals surface area (Å²) in [6, 6.07) is 15.2. The van der Waals surface area contributed by atoms with Crippen LogP contribution in [0.1, 0.15) is 29.8 Å². The Labute approximate surface area is 111 Å². The lowest BCUT2D eigenvalue weighted by atomic mass is 9.95. The fourth-order valence-corrected chi connectivity index (χ4v) is 2.58. The van der Waals surface area contributed by atoms with Crippen LogP contribution in [0.25, 0.3) is 0 Å². The first-order valence-corrected chi connectivity index (χ1v) is 6.31. The predicted octanol–water partition coefficient (Wildman–Crippen LogP) is 3.90. The smallest absolute Gasteiger partial charge is 0.128 e. The van der Waals surface area contributed by atoms with Crippen molar-refractivity contribution in [2.24, 2.45) is 0 Å². The number of hydrogen-bond donors (Lipinski definition) is 1. The quantitative estimate of drug-likeness (QED) is 0.843. The summed E-state index contributed by atoms with van der Waals surface area (Å²) < 4.78 is 5.92. The number of para-hydroxylation sites is 1. The van der Waals surface area contributed by atoms with Crippen LogP contribution in [0.15, 0.2) is 48.5 Å². The molecule has 3 heteroatoms. The molecule has 0 radical (unpaired) electrons. The highest BCUT2D eigenvalue weighted by Crippen LogP contribution is 2.41. The molecular formula is C15H13ClO2. The van der Waals surface area contributed by atoms with Crippen molar-refractivity contribution in [2.75, 3.05) is 0 Å². The second kappa shape index (κ2) is 4.63. The molecule has 92 valence electrons. The predicted molar refractivity (Wildman–Crippen MR) is 70.8 cm³/mol. The highest BCUT2D eigenvalue weighted by molar-refractivity contribution is 6.31. The van der Waals surface area contributed by atoms with Gasteiger partial charge in [-0.2, -0.15) is 0 Å². The Morgan fingerprint density at radius 3 is 2.44 bits per heavy atom. The van der Waals surface area contributed by atoms with Crippen molar-refractivity contribution in [3.8, 4) is 5.75 Å². The lowest BCUT2D eigenvalue weighted by Crippen LogP contribution is -2.19. The Morgan fingerprint density at radius 1 is 1.00 bits per heavy atom. The van der Waals surface area contributed by atoms with E-state index in [4.69, 9.17) is 16.3 Å². The zero-order chi connectivity index (χ0) is 12.5. The van der Waals surface area contributed by atoms with E-state index in [0.717, 1.165) is 16.9 Å². The van der Waals surface area contributed by atoms with Crippen LogP contribution in [0.5, 0.6) is 5.75 Å². The third-order valence-corrected chi connectivity index (χ3v) is 3.58. The van der Waals surface area contributed by atoms with Crippen LogP contribution in [-0.2, 0) is 0 Å². The first-order valence-electron chi connectivity index (χ1n) is 5.94. The van der Waals surface area contributed by atoms with Crippen LogP contribution in [0.3, 0.4) is 0 Å². The fourth-order valence-electron chi connectivity index (χ4n) is 2.32. The summed E-state index contributed by atoms with van der Waals surface area (Å²) in [6.07, 6.45) is -0.166. The topological polar surface area (TPSA) is 29.5 Å². The van der Waals surface area contributed by atoms with Crippen molar-refractivity contribution in [2.45, 2.75) is 18.6 Å². The van der Waals surface area contributed by atoms with Gasteiger partial charge < -0.3 is 9.84 Å². The third kappa shape index (κ3) is 1.98. The molecule has 0 bridgehead atoms. The van der Waals surface area contributed by atoms with E-state index in [0.29, 0.717) is 11.4 Å². The highest BCUT2D eigenvalue weighted by Gasteiger charge is 2.28. The number of fused-ring (bicyclic) bond motifs is 1. The van der Waals surface area contributed by atoms with E-state index in [1.807, 2.05) is 48.5 Å². The molecule has 1 N–H and O–H groups in total. The first kappa shape index (κ1) is 11.6. The molecule has 0 aromatic heterocycles.